The second-order valence-corrected chi connectivity index (χ2v) is 8.08. The molecule has 1 aliphatic heterocycles. The lowest BCUT2D eigenvalue weighted by molar-refractivity contribution is 0.0690. The Labute approximate surface area is 190 Å². The molecule has 3 aromatic rings. The third-order valence-electron chi connectivity index (χ3n) is 5.73. The molecule has 9 heteroatoms. The van der Waals surface area contributed by atoms with Crippen molar-refractivity contribution in [3.63, 3.8) is 0 Å². The van der Waals surface area contributed by atoms with E-state index < -0.39 is 11.7 Å². The number of piperidine rings is 1. The average Bonchev–Trinajstić information content (AvgIpc) is 2.84. The Kier molecular flexibility index (Phi) is 6.60. The number of carbonyl (C=O) groups is 2. The molecule has 0 spiro atoms. The minimum absolute atomic E-state index is 0.0526. The van der Waals surface area contributed by atoms with Crippen LogP contribution in [0, 0.1) is 11.7 Å². The van der Waals surface area contributed by atoms with Crippen molar-refractivity contribution in [1.82, 2.24) is 20.3 Å². The van der Waals surface area contributed by atoms with E-state index in [4.69, 9.17) is 5.21 Å². The molecule has 0 aliphatic carbocycles. The van der Waals surface area contributed by atoms with Crippen LogP contribution >= 0.6 is 0 Å². The summed E-state index contributed by atoms with van der Waals surface area (Å²) < 4.78 is 14.7. The van der Waals surface area contributed by atoms with E-state index in [0.29, 0.717) is 36.0 Å². The summed E-state index contributed by atoms with van der Waals surface area (Å²) >= 11 is 0. The Bertz CT molecular complexity index is 1160. The lowest BCUT2D eigenvalue weighted by atomic mass is 9.98. The fourth-order valence-electron chi connectivity index (χ4n) is 3.71. The van der Waals surface area contributed by atoms with Gasteiger partial charge in [-0.15, -0.1) is 0 Å². The van der Waals surface area contributed by atoms with Gasteiger partial charge in [0.2, 0.25) is 5.95 Å². The van der Waals surface area contributed by atoms with Gasteiger partial charge in [-0.3, -0.25) is 14.8 Å². The third kappa shape index (κ3) is 5.15. The summed E-state index contributed by atoms with van der Waals surface area (Å²) in [5.74, 6) is -0.655. The predicted molar refractivity (Wildman–Crippen MR) is 121 cm³/mol. The Morgan fingerprint density at radius 1 is 1.09 bits per heavy atom. The van der Waals surface area contributed by atoms with E-state index in [9.17, 15) is 14.0 Å². The van der Waals surface area contributed by atoms with Crippen molar-refractivity contribution in [3.05, 3.63) is 71.7 Å². The molecule has 33 heavy (non-hydrogen) atoms. The quantitative estimate of drug-likeness (QED) is 0.401. The molecule has 2 heterocycles. The zero-order chi connectivity index (χ0) is 23.4. The first-order chi connectivity index (χ1) is 15.9. The average molecular weight is 449 g/mol. The van der Waals surface area contributed by atoms with E-state index in [2.05, 4.69) is 22.2 Å². The van der Waals surface area contributed by atoms with E-state index in [1.54, 1.807) is 53.0 Å². The van der Waals surface area contributed by atoms with Crippen LogP contribution in [0.25, 0.3) is 11.3 Å². The number of amides is 2. The molecule has 0 unspecified atom stereocenters. The van der Waals surface area contributed by atoms with Crippen LogP contribution in [0.5, 0.6) is 0 Å². The molecule has 170 valence electrons. The van der Waals surface area contributed by atoms with Crippen molar-refractivity contribution < 1.29 is 19.2 Å². The molecular weight excluding hydrogens is 425 g/mol. The molecule has 2 amide bonds. The van der Waals surface area contributed by atoms with Crippen molar-refractivity contribution in [2.75, 3.05) is 18.4 Å². The van der Waals surface area contributed by atoms with Gasteiger partial charge in [0.05, 0.1) is 11.3 Å². The van der Waals surface area contributed by atoms with Crippen molar-refractivity contribution in [2.24, 2.45) is 5.92 Å². The Morgan fingerprint density at radius 2 is 1.82 bits per heavy atom. The second-order valence-electron chi connectivity index (χ2n) is 8.08. The highest BCUT2D eigenvalue weighted by Gasteiger charge is 2.23. The standard InChI is InChI=1S/C24H24FN5O3/c1-15-9-12-30(13-10-15)23(32)19-7-6-18(14-20(19)25)27-24-26-11-8-21(28-24)16-2-4-17(5-3-16)22(31)29-33/h2-8,11,14-15,33H,9-10,12-13H2,1H3,(H,29,31)(H,26,27,28). The first-order valence-corrected chi connectivity index (χ1v) is 10.7. The van der Waals surface area contributed by atoms with Gasteiger partial charge in [0.25, 0.3) is 11.8 Å². The van der Waals surface area contributed by atoms with E-state index in [1.807, 2.05) is 0 Å². The van der Waals surface area contributed by atoms with E-state index >= 15 is 0 Å². The lowest BCUT2D eigenvalue weighted by Gasteiger charge is -2.30. The van der Waals surface area contributed by atoms with Crippen molar-refractivity contribution >= 4 is 23.5 Å². The lowest BCUT2D eigenvalue weighted by Crippen LogP contribution is -2.38. The number of halogens is 1. The van der Waals surface area contributed by atoms with Gasteiger partial charge < -0.3 is 10.2 Å². The summed E-state index contributed by atoms with van der Waals surface area (Å²) in [5, 5.41) is 11.7. The summed E-state index contributed by atoms with van der Waals surface area (Å²) in [6, 6.07) is 12.6. The number of anilines is 2. The fraction of sp³-hybridized carbons (Fsp3) is 0.250. The van der Waals surface area contributed by atoms with Crippen LogP contribution in [0.4, 0.5) is 16.0 Å². The topological polar surface area (TPSA) is 107 Å². The van der Waals surface area contributed by atoms with Gasteiger partial charge in [-0.1, -0.05) is 19.1 Å². The number of nitrogens with one attached hydrogen (secondary N) is 2. The number of hydrogen-bond acceptors (Lipinski definition) is 6. The highest BCUT2D eigenvalue weighted by atomic mass is 19.1. The minimum Gasteiger partial charge on any atom is -0.339 e. The largest absolute Gasteiger partial charge is 0.339 e. The molecule has 3 N–H and O–H groups in total. The number of rotatable bonds is 5. The highest BCUT2D eigenvalue weighted by molar-refractivity contribution is 5.95. The van der Waals surface area contributed by atoms with Gasteiger partial charge in [0, 0.05) is 36.1 Å². The van der Waals surface area contributed by atoms with Crippen LogP contribution in [0.1, 0.15) is 40.5 Å². The molecular formula is C24H24FN5O3. The van der Waals surface area contributed by atoms with Crippen molar-refractivity contribution in [3.8, 4) is 11.3 Å². The monoisotopic (exact) mass is 449 g/mol. The number of aromatic nitrogens is 2. The zero-order valence-electron chi connectivity index (χ0n) is 18.1. The number of nitrogens with zero attached hydrogens (tertiary/aromatic N) is 3. The van der Waals surface area contributed by atoms with Gasteiger partial charge in [0.1, 0.15) is 5.82 Å². The van der Waals surface area contributed by atoms with Gasteiger partial charge in [-0.25, -0.2) is 19.8 Å². The first-order valence-electron chi connectivity index (χ1n) is 10.7. The number of carbonyl (C=O) groups excluding carboxylic acids is 2. The molecule has 1 aromatic heterocycles. The maximum Gasteiger partial charge on any atom is 0.274 e. The maximum atomic E-state index is 14.7. The molecule has 1 aliphatic rings. The smallest absolute Gasteiger partial charge is 0.274 e. The van der Waals surface area contributed by atoms with Crippen LogP contribution in [0.2, 0.25) is 0 Å². The number of hydroxylamine groups is 1. The van der Waals surface area contributed by atoms with Crippen LogP contribution in [0.15, 0.2) is 54.7 Å². The van der Waals surface area contributed by atoms with Crippen LogP contribution in [-0.2, 0) is 0 Å². The third-order valence-corrected chi connectivity index (χ3v) is 5.73. The molecule has 1 saturated heterocycles. The normalized spacial score (nSPS) is 14.1. The van der Waals surface area contributed by atoms with Crippen LogP contribution < -0.4 is 10.8 Å². The van der Waals surface area contributed by atoms with Gasteiger partial charge in [-0.2, -0.15) is 0 Å². The molecule has 0 atom stereocenters. The Balaban J connectivity index is 1.47. The van der Waals surface area contributed by atoms with Crippen molar-refractivity contribution in [1.29, 1.82) is 0 Å². The molecule has 2 aromatic carbocycles. The molecule has 1 fully saturated rings. The van der Waals surface area contributed by atoms with E-state index in [-0.39, 0.29) is 17.4 Å². The first kappa shape index (κ1) is 22.3. The number of hydrogen-bond donors (Lipinski definition) is 3. The summed E-state index contributed by atoms with van der Waals surface area (Å²) in [6.07, 6.45) is 3.42. The zero-order valence-corrected chi connectivity index (χ0v) is 18.1. The molecule has 8 nitrogen and oxygen atoms in total. The van der Waals surface area contributed by atoms with Gasteiger partial charge in [0.15, 0.2) is 0 Å². The molecule has 0 radical (unpaired) electrons. The summed E-state index contributed by atoms with van der Waals surface area (Å²) in [7, 11) is 0. The van der Waals surface area contributed by atoms with Gasteiger partial charge >= 0.3 is 0 Å². The Hall–Kier alpha value is -3.85. The predicted octanol–water partition coefficient (Wildman–Crippen LogP) is 4.02. The van der Waals surface area contributed by atoms with Crippen LogP contribution in [0.3, 0.4) is 0 Å². The Morgan fingerprint density at radius 3 is 2.48 bits per heavy atom. The summed E-state index contributed by atoms with van der Waals surface area (Å²) in [5.41, 5.74) is 3.69. The summed E-state index contributed by atoms with van der Waals surface area (Å²) in [6.45, 7) is 3.45. The van der Waals surface area contributed by atoms with E-state index in [1.165, 1.54) is 12.1 Å². The summed E-state index contributed by atoms with van der Waals surface area (Å²) in [4.78, 5) is 34.5. The number of benzene rings is 2. The molecule has 0 saturated carbocycles. The van der Waals surface area contributed by atoms with Gasteiger partial charge in [-0.05, 0) is 55.2 Å². The SMILES string of the molecule is CC1CCN(C(=O)c2ccc(Nc3nccc(-c4ccc(C(=O)NO)cc4)n3)cc2F)CC1. The number of likely N-dealkylation sites (tertiary alicyclic amines) is 1. The second kappa shape index (κ2) is 9.74. The van der Waals surface area contributed by atoms with Crippen LogP contribution in [-0.4, -0.2) is 45.0 Å². The van der Waals surface area contributed by atoms with E-state index in [0.717, 1.165) is 18.4 Å². The van der Waals surface area contributed by atoms with Crippen molar-refractivity contribution in [2.45, 2.75) is 19.8 Å². The molecule has 0 bridgehead atoms. The fourth-order valence-corrected chi connectivity index (χ4v) is 3.71. The molecule has 4 rings (SSSR count). The minimum atomic E-state index is -0.606. The maximum absolute atomic E-state index is 14.7. The highest BCUT2D eigenvalue weighted by Crippen LogP contribution is 2.23.